The number of aromatic nitrogens is 2. The number of nitrogens with one attached hydrogen (secondary N) is 1. The summed E-state index contributed by atoms with van der Waals surface area (Å²) in [5.74, 6) is 0. The van der Waals surface area contributed by atoms with Crippen molar-refractivity contribution in [3.63, 3.8) is 0 Å². The maximum atomic E-state index is 4.28. The van der Waals surface area contributed by atoms with E-state index in [1.165, 1.54) is 5.56 Å². The lowest BCUT2D eigenvalue weighted by molar-refractivity contribution is 0.651. The van der Waals surface area contributed by atoms with Crippen LogP contribution >= 0.6 is 0 Å². The van der Waals surface area contributed by atoms with Gasteiger partial charge in [0.2, 0.25) is 0 Å². The SMILES string of the molecule is C=CCCCNCc1ccccc1-n1cccn1. The number of unbranched alkanes of at least 4 members (excludes halogenated alkanes) is 1. The van der Waals surface area contributed by atoms with E-state index in [1.807, 2.05) is 29.1 Å². The molecule has 18 heavy (non-hydrogen) atoms. The van der Waals surface area contributed by atoms with Gasteiger partial charge in [0.15, 0.2) is 0 Å². The van der Waals surface area contributed by atoms with Gasteiger partial charge in [0.05, 0.1) is 5.69 Å². The van der Waals surface area contributed by atoms with Crippen molar-refractivity contribution < 1.29 is 0 Å². The van der Waals surface area contributed by atoms with E-state index in [-0.39, 0.29) is 0 Å². The van der Waals surface area contributed by atoms with Crippen molar-refractivity contribution in [2.75, 3.05) is 6.54 Å². The zero-order chi connectivity index (χ0) is 12.6. The van der Waals surface area contributed by atoms with E-state index in [1.54, 1.807) is 6.20 Å². The minimum absolute atomic E-state index is 0.868. The highest BCUT2D eigenvalue weighted by atomic mass is 15.3. The molecule has 2 aromatic rings. The highest BCUT2D eigenvalue weighted by Gasteiger charge is 2.03. The Kier molecular flexibility index (Phi) is 4.73. The van der Waals surface area contributed by atoms with Crippen LogP contribution in [0.3, 0.4) is 0 Å². The Morgan fingerprint density at radius 2 is 2.17 bits per heavy atom. The van der Waals surface area contributed by atoms with E-state index in [4.69, 9.17) is 0 Å². The number of nitrogens with zero attached hydrogens (tertiary/aromatic N) is 2. The average Bonchev–Trinajstić information content (AvgIpc) is 2.93. The predicted octanol–water partition coefficient (Wildman–Crippen LogP) is 2.93. The summed E-state index contributed by atoms with van der Waals surface area (Å²) in [6, 6.07) is 10.3. The molecule has 0 aliphatic rings. The highest BCUT2D eigenvalue weighted by molar-refractivity contribution is 5.40. The Morgan fingerprint density at radius 1 is 1.28 bits per heavy atom. The molecule has 3 heteroatoms. The third-order valence-electron chi connectivity index (χ3n) is 2.82. The summed E-state index contributed by atoms with van der Waals surface area (Å²) >= 11 is 0. The van der Waals surface area contributed by atoms with Crippen LogP contribution in [0.1, 0.15) is 18.4 Å². The second-order valence-corrected chi connectivity index (χ2v) is 4.19. The van der Waals surface area contributed by atoms with E-state index in [0.717, 1.165) is 31.6 Å². The molecular formula is C15H19N3. The van der Waals surface area contributed by atoms with Crippen LogP contribution in [0.5, 0.6) is 0 Å². The second kappa shape index (κ2) is 6.77. The average molecular weight is 241 g/mol. The van der Waals surface area contributed by atoms with Crippen LogP contribution in [-0.2, 0) is 6.54 Å². The lowest BCUT2D eigenvalue weighted by Gasteiger charge is -2.10. The van der Waals surface area contributed by atoms with Crippen LogP contribution in [0.4, 0.5) is 0 Å². The number of hydrogen-bond acceptors (Lipinski definition) is 2. The fraction of sp³-hybridized carbons (Fsp3) is 0.267. The molecule has 1 N–H and O–H groups in total. The van der Waals surface area contributed by atoms with Gasteiger partial charge in [-0.05, 0) is 37.1 Å². The van der Waals surface area contributed by atoms with Gasteiger partial charge in [-0.2, -0.15) is 5.10 Å². The molecule has 0 aliphatic carbocycles. The Morgan fingerprint density at radius 3 is 2.94 bits per heavy atom. The van der Waals surface area contributed by atoms with E-state index in [0.29, 0.717) is 0 Å². The van der Waals surface area contributed by atoms with Crippen LogP contribution in [0, 0.1) is 0 Å². The minimum Gasteiger partial charge on any atom is -0.313 e. The quantitative estimate of drug-likeness (QED) is 0.596. The molecule has 0 saturated carbocycles. The van der Waals surface area contributed by atoms with E-state index >= 15 is 0 Å². The minimum atomic E-state index is 0.868. The van der Waals surface area contributed by atoms with Crippen molar-refractivity contribution in [1.29, 1.82) is 0 Å². The van der Waals surface area contributed by atoms with Crippen molar-refractivity contribution in [3.8, 4) is 5.69 Å². The van der Waals surface area contributed by atoms with Gasteiger partial charge in [0.1, 0.15) is 0 Å². The Labute approximate surface area is 108 Å². The molecule has 0 saturated heterocycles. The molecule has 0 spiro atoms. The van der Waals surface area contributed by atoms with Crippen molar-refractivity contribution in [3.05, 3.63) is 60.9 Å². The molecule has 0 aliphatic heterocycles. The molecule has 3 nitrogen and oxygen atoms in total. The number of hydrogen-bond donors (Lipinski definition) is 1. The summed E-state index contributed by atoms with van der Waals surface area (Å²) in [6.07, 6.45) is 7.92. The molecule has 0 fully saturated rings. The molecule has 0 radical (unpaired) electrons. The second-order valence-electron chi connectivity index (χ2n) is 4.19. The standard InChI is InChI=1S/C15H19N3/c1-2-3-6-10-16-13-14-8-4-5-9-15(14)18-12-7-11-17-18/h2,4-5,7-9,11-12,16H,1,3,6,10,13H2. The van der Waals surface area contributed by atoms with Gasteiger partial charge in [0, 0.05) is 18.9 Å². The van der Waals surface area contributed by atoms with Gasteiger partial charge in [-0.15, -0.1) is 6.58 Å². The molecule has 94 valence electrons. The molecule has 2 rings (SSSR count). The van der Waals surface area contributed by atoms with Crippen LogP contribution in [-0.4, -0.2) is 16.3 Å². The van der Waals surface area contributed by atoms with E-state index < -0.39 is 0 Å². The van der Waals surface area contributed by atoms with Gasteiger partial charge in [-0.25, -0.2) is 4.68 Å². The van der Waals surface area contributed by atoms with Crippen molar-refractivity contribution in [2.24, 2.45) is 0 Å². The first kappa shape index (κ1) is 12.6. The van der Waals surface area contributed by atoms with Gasteiger partial charge < -0.3 is 5.32 Å². The highest BCUT2D eigenvalue weighted by Crippen LogP contribution is 2.12. The molecular weight excluding hydrogens is 222 g/mol. The molecule has 1 aromatic carbocycles. The Bertz CT molecular complexity index is 474. The zero-order valence-electron chi connectivity index (χ0n) is 10.5. The van der Waals surface area contributed by atoms with Gasteiger partial charge in [-0.3, -0.25) is 0 Å². The fourth-order valence-corrected chi connectivity index (χ4v) is 1.89. The third-order valence-corrected chi connectivity index (χ3v) is 2.82. The van der Waals surface area contributed by atoms with Crippen LogP contribution in [0.25, 0.3) is 5.69 Å². The summed E-state index contributed by atoms with van der Waals surface area (Å²) in [6.45, 7) is 5.61. The number of para-hydroxylation sites is 1. The first-order valence-electron chi connectivity index (χ1n) is 6.31. The monoisotopic (exact) mass is 241 g/mol. The summed E-state index contributed by atoms with van der Waals surface area (Å²) in [5, 5.41) is 7.73. The lowest BCUT2D eigenvalue weighted by atomic mass is 10.1. The first-order valence-corrected chi connectivity index (χ1v) is 6.31. The van der Waals surface area contributed by atoms with Crippen LogP contribution in [0.15, 0.2) is 55.4 Å². The van der Waals surface area contributed by atoms with Crippen LogP contribution < -0.4 is 5.32 Å². The molecule has 0 amide bonds. The van der Waals surface area contributed by atoms with Crippen molar-refractivity contribution >= 4 is 0 Å². The number of allylic oxidation sites excluding steroid dienone is 1. The summed E-state index contributed by atoms with van der Waals surface area (Å²) in [4.78, 5) is 0. The predicted molar refractivity (Wildman–Crippen MR) is 74.7 cm³/mol. The van der Waals surface area contributed by atoms with Gasteiger partial charge in [-0.1, -0.05) is 24.3 Å². The number of benzene rings is 1. The van der Waals surface area contributed by atoms with Crippen molar-refractivity contribution in [2.45, 2.75) is 19.4 Å². The maximum absolute atomic E-state index is 4.28. The lowest BCUT2D eigenvalue weighted by Crippen LogP contribution is -2.16. The Hall–Kier alpha value is -1.87. The smallest absolute Gasteiger partial charge is 0.0690 e. The fourth-order valence-electron chi connectivity index (χ4n) is 1.89. The van der Waals surface area contributed by atoms with Crippen molar-refractivity contribution in [1.82, 2.24) is 15.1 Å². The van der Waals surface area contributed by atoms with E-state index in [9.17, 15) is 0 Å². The summed E-state index contributed by atoms with van der Waals surface area (Å²) < 4.78 is 1.90. The first-order chi connectivity index (χ1) is 8.92. The molecule has 0 bridgehead atoms. The maximum Gasteiger partial charge on any atom is 0.0690 e. The largest absolute Gasteiger partial charge is 0.313 e. The molecule has 0 unspecified atom stereocenters. The van der Waals surface area contributed by atoms with Gasteiger partial charge in [0.25, 0.3) is 0 Å². The zero-order valence-corrected chi connectivity index (χ0v) is 10.5. The van der Waals surface area contributed by atoms with Crippen LogP contribution in [0.2, 0.25) is 0 Å². The summed E-state index contributed by atoms with van der Waals surface area (Å²) in [5.41, 5.74) is 2.40. The molecule has 1 heterocycles. The molecule has 0 atom stereocenters. The third kappa shape index (κ3) is 3.31. The van der Waals surface area contributed by atoms with Gasteiger partial charge >= 0.3 is 0 Å². The number of rotatable bonds is 7. The van der Waals surface area contributed by atoms with E-state index in [2.05, 4.69) is 35.2 Å². The Balaban J connectivity index is 1.98. The summed E-state index contributed by atoms with van der Waals surface area (Å²) in [7, 11) is 0. The normalized spacial score (nSPS) is 10.4. The topological polar surface area (TPSA) is 29.9 Å². The molecule has 1 aromatic heterocycles.